The van der Waals surface area contributed by atoms with Crippen molar-refractivity contribution < 1.29 is 31.5 Å². The number of carboxylic acid groups (broad SMARTS) is 1. The van der Waals surface area contributed by atoms with Crippen LogP contribution in [0.5, 0.6) is 0 Å². The number of thiophene rings is 1. The number of nitrogens with one attached hydrogen (secondary N) is 1. The molecule has 3 aromatic rings. The van der Waals surface area contributed by atoms with Gasteiger partial charge in [-0.3, -0.25) is 4.72 Å². The minimum absolute atomic E-state index is 0.310. The Kier molecular flexibility index (Phi) is 4.94. The molecule has 10 heteroatoms. The van der Waals surface area contributed by atoms with E-state index >= 15 is 0 Å². The fourth-order valence-electron chi connectivity index (χ4n) is 2.29. The van der Waals surface area contributed by atoms with Gasteiger partial charge in [-0.05, 0) is 23.8 Å². The van der Waals surface area contributed by atoms with Crippen LogP contribution in [0.3, 0.4) is 0 Å². The van der Waals surface area contributed by atoms with E-state index in [-0.39, 0.29) is 10.6 Å². The van der Waals surface area contributed by atoms with Crippen LogP contribution in [0.4, 0.5) is 18.9 Å². The van der Waals surface area contributed by atoms with Crippen LogP contribution in [-0.4, -0.2) is 19.5 Å². The number of carboxylic acids is 1. The Morgan fingerprint density at radius 1 is 1.00 bits per heavy atom. The predicted octanol–water partition coefficient (Wildman–Crippen LogP) is 4.33. The quantitative estimate of drug-likeness (QED) is 0.610. The van der Waals surface area contributed by atoms with Crippen molar-refractivity contribution in [1.82, 2.24) is 0 Å². The largest absolute Gasteiger partial charge is 0.477 e. The molecule has 0 amide bonds. The molecule has 1 heterocycles. The third-order valence-corrected chi connectivity index (χ3v) is 6.07. The first-order valence-corrected chi connectivity index (χ1v) is 9.59. The van der Waals surface area contributed by atoms with Crippen LogP contribution in [0.1, 0.15) is 9.67 Å². The second-order valence-electron chi connectivity index (χ2n) is 5.30. The molecule has 2 N–H and O–H groups in total. The summed E-state index contributed by atoms with van der Waals surface area (Å²) in [6, 6.07) is 10.9. The lowest BCUT2D eigenvalue weighted by Gasteiger charge is -2.09. The minimum atomic E-state index is -4.70. The molecule has 0 aliphatic heterocycles. The second kappa shape index (κ2) is 7.05. The molecule has 0 fully saturated rings. The number of hydrogen-bond donors (Lipinski definition) is 2. The first kappa shape index (κ1) is 18.9. The lowest BCUT2D eigenvalue weighted by atomic mass is 10.2. The minimum Gasteiger partial charge on any atom is -0.477 e. The van der Waals surface area contributed by atoms with Gasteiger partial charge in [-0.2, -0.15) is 0 Å². The summed E-state index contributed by atoms with van der Waals surface area (Å²) in [5, 5.41) is 9.32. The molecule has 140 valence electrons. The van der Waals surface area contributed by atoms with Crippen LogP contribution in [0.2, 0.25) is 0 Å². The zero-order valence-electron chi connectivity index (χ0n) is 13.2. The van der Waals surface area contributed by atoms with Gasteiger partial charge < -0.3 is 5.11 Å². The summed E-state index contributed by atoms with van der Waals surface area (Å²) in [5.74, 6) is -6.77. The monoisotopic (exact) mass is 413 g/mol. The van der Waals surface area contributed by atoms with E-state index in [1.165, 1.54) is 6.07 Å². The van der Waals surface area contributed by atoms with Crippen LogP contribution in [-0.2, 0) is 10.0 Å². The van der Waals surface area contributed by atoms with Crippen molar-refractivity contribution in [1.29, 1.82) is 0 Å². The van der Waals surface area contributed by atoms with E-state index in [0.717, 1.165) is 11.3 Å². The van der Waals surface area contributed by atoms with Crippen LogP contribution in [0, 0.1) is 17.5 Å². The molecule has 0 aliphatic rings. The first-order valence-electron chi connectivity index (χ1n) is 7.29. The standard InChI is InChI=1S/C17H10F3NO4S2/c18-10-6-7-13(15(20)14(10)19)27(24,25)21-11-8-12(26-16(11)17(22)23)9-4-2-1-3-5-9/h1-8,21H,(H,22,23). The molecule has 0 saturated heterocycles. The molecule has 5 nitrogen and oxygen atoms in total. The predicted molar refractivity (Wildman–Crippen MR) is 93.8 cm³/mol. The van der Waals surface area contributed by atoms with Crippen molar-refractivity contribution in [2.75, 3.05) is 4.72 Å². The van der Waals surface area contributed by atoms with E-state index in [1.807, 2.05) is 4.72 Å². The highest BCUT2D eigenvalue weighted by Crippen LogP contribution is 2.36. The van der Waals surface area contributed by atoms with Gasteiger partial charge in [0.05, 0.1) is 5.69 Å². The van der Waals surface area contributed by atoms with Crippen LogP contribution in [0.15, 0.2) is 53.4 Å². The highest BCUT2D eigenvalue weighted by Gasteiger charge is 2.27. The lowest BCUT2D eigenvalue weighted by molar-refractivity contribution is 0.0703. The van der Waals surface area contributed by atoms with Gasteiger partial charge in [0.2, 0.25) is 0 Å². The van der Waals surface area contributed by atoms with Gasteiger partial charge in [-0.25, -0.2) is 26.4 Å². The number of sulfonamides is 1. The number of anilines is 1. The summed E-state index contributed by atoms with van der Waals surface area (Å²) < 4.78 is 66.9. The normalized spacial score (nSPS) is 11.4. The van der Waals surface area contributed by atoms with Gasteiger partial charge in [-0.1, -0.05) is 30.3 Å². The topological polar surface area (TPSA) is 83.5 Å². The maximum atomic E-state index is 13.8. The van der Waals surface area contributed by atoms with E-state index < -0.39 is 38.3 Å². The van der Waals surface area contributed by atoms with Crippen LogP contribution in [0.25, 0.3) is 10.4 Å². The molecular weight excluding hydrogens is 403 g/mol. The van der Waals surface area contributed by atoms with Crippen molar-refractivity contribution in [2.45, 2.75) is 4.90 Å². The van der Waals surface area contributed by atoms with Crippen molar-refractivity contribution in [2.24, 2.45) is 0 Å². The molecule has 0 spiro atoms. The molecule has 0 radical (unpaired) electrons. The molecule has 0 bridgehead atoms. The van der Waals surface area contributed by atoms with E-state index in [4.69, 9.17) is 0 Å². The van der Waals surface area contributed by atoms with Gasteiger partial charge in [0.15, 0.2) is 17.5 Å². The molecule has 2 aromatic carbocycles. The smallest absolute Gasteiger partial charge is 0.348 e. The fraction of sp³-hybridized carbons (Fsp3) is 0. The highest BCUT2D eigenvalue weighted by molar-refractivity contribution is 7.92. The third kappa shape index (κ3) is 3.67. The Hall–Kier alpha value is -2.85. The maximum absolute atomic E-state index is 13.8. The van der Waals surface area contributed by atoms with E-state index in [1.54, 1.807) is 30.3 Å². The van der Waals surface area contributed by atoms with Gasteiger partial charge in [0.1, 0.15) is 9.77 Å². The maximum Gasteiger partial charge on any atom is 0.348 e. The molecule has 27 heavy (non-hydrogen) atoms. The summed E-state index contributed by atoms with van der Waals surface area (Å²) >= 11 is 0.812. The molecule has 3 rings (SSSR count). The zero-order chi connectivity index (χ0) is 19.8. The number of aromatic carboxylic acids is 1. The van der Waals surface area contributed by atoms with E-state index in [0.29, 0.717) is 22.6 Å². The molecule has 0 saturated carbocycles. The Morgan fingerprint density at radius 2 is 1.67 bits per heavy atom. The van der Waals surface area contributed by atoms with Crippen molar-refractivity contribution >= 4 is 33.0 Å². The van der Waals surface area contributed by atoms with Gasteiger partial charge in [0, 0.05) is 4.88 Å². The molecular formula is C17H10F3NO4S2. The third-order valence-electron chi connectivity index (χ3n) is 3.52. The summed E-state index contributed by atoms with van der Waals surface area (Å²) in [7, 11) is -4.70. The summed E-state index contributed by atoms with van der Waals surface area (Å²) in [5.41, 5.74) is 0.338. The Morgan fingerprint density at radius 3 is 2.30 bits per heavy atom. The number of hydrogen-bond acceptors (Lipinski definition) is 4. The zero-order valence-corrected chi connectivity index (χ0v) is 14.9. The van der Waals surface area contributed by atoms with Crippen molar-refractivity contribution in [3.63, 3.8) is 0 Å². The fourth-order valence-corrected chi connectivity index (χ4v) is 4.44. The number of rotatable bonds is 5. The molecule has 0 aliphatic carbocycles. The van der Waals surface area contributed by atoms with Gasteiger partial charge in [-0.15, -0.1) is 11.3 Å². The number of benzene rings is 2. The first-order chi connectivity index (χ1) is 12.7. The average Bonchev–Trinajstić information content (AvgIpc) is 3.03. The molecule has 1 aromatic heterocycles. The molecule has 0 unspecified atom stereocenters. The van der Waals surface area contributed by atoms with Crippen LogP contribution >= 0.6 is 11.3 Å². The van der Waals surface area contributed by atoms with E-state index in [2.05, 4.69) is 0 Å². The highest BCUT2D eigenvalue weighted by atomic mass is 32.2. The summed E-state index contributed by atoms with van der Waals surface area (Å²) in [4.78, 5) is 10.4. The lowest BCUT2D eigenvalue weighted by Crippen LogP contribution is -2.16. The Labute approximate surface area is 155 Å². The van der Waals surface area contributed by atoms with Gasteiger partial charge >= 0.3 is 5.97 Å². The Balaban J connectivity index is 2.06. The van der Waals surface area contributed by atoms with Crippen molar-refractivity contribution in [3.8, 4) is 10.4 Å². The van der Waals surface area contributed by atoms with Gasteiger partial charge in [0.25, 0.3) is 10.0 Å². The van der Waals surface area contributed by atoms with Crippen LogP contribution < -0.4 is 4.72 Å². The second-order valence-corrected chi connectivity index (χ2v) is 8.01. The SMILES string of the molecule is O=C(O)c1sc(-c2ccccc2)cc1NS(=O)(=O)c1ccc(F)c(F)c1F. The summed E-state index contributed by atoms with van der Waals surface area (Å²) in [6.07, 6.45) is 0. The number of carbonyl (C=O) groups is 1. The summed E-state index contributed by atoms with van der Waals surface area (Å²) in [6.45, 7) is 0. The number of halogens is 3. The molecule has 0 atom stereocenters. The van der Waals surface area contributed by atoms with E-state index in [9.17, 15) is 31.5 Å². The Bertz CT molecular complexity index is 1130. The average molecular weight is 413 g/mol. The van der Waals surface area contributed by atoms with Crippen molar-refractivity contribution in [3.05, 3.63) is 70.9 Å².